The number of carbonyl (C=O) groups is 1. The molecule has 1 fully saturated rings. The van der Waals surface area contributed by atoms with E-state index in [-0.39, 0.29) is 6.54 Å². The molecule has 1 saturated heterocycles. The van der Waals surface area contributed by atoms with Crippen molar-refractivity contribution in [1.82, 2.24) is 9.03 Å². The van der Waals surface area contributed by atoms with Gasteiger partial charge in [-0.15, -0.1) is 0 Å². The molecule has 0 bridgehead atoms. The van der Waals surface area contributed by atoms with Gasteiger partial charge >= 0.3 is 5.97 Å². The summed E-state index contributed by atoms with van der Waals surface area (Å²) in [5, 5.41) is 9.36. The van der Waals surface area contributed by atoms with Crippen LogP contribution in [-0.2, 0) is 19.7 Å². The number of aliphatic carboxylic acids is 1. The Bertz CT molecular complexity index is 418. The van der Waals surface area contributed by atoms with E-state index in [0.717, 1.165) is 12.8 Å². The van der Waals surface area contributed by atoms with Crippen LogP contribution in [0.1, 0.15) is 32.6 Å². The van der Waals surface area contributed by atoms with Crippen LogP contribution >= 0.6 is 0 Å². The monoisotopic (exact) mass is 308 g/mol. The van der Waals surface area contributed by atoms with Gasteiger partial charge in [-0.25, -0.2) is 4.72 Å². The molecule has 0 amide bonds. The highest BCUT2D eigenvalue weighted by Gasteiger charge is 2.41. The number of nitrogens with zero attached hydrogens (tertiary/aromatic N) is 1. The van der Waals surface area contributed by atoms with Crippen LogP contribution in [0.25, 0.3) is 0 Å². The van der Waals surface area contributed by atoms with E-state index >= 15 is 0 Å². The Balaban J connectivity index is 2.65. The number of nitrogens with one attached hydrogen (secondary N) is 1. The van der Waals surface area contributed by atoms with Gasteiger partial charge in [0.15, 0.2) is 0 Å². The Hall–Kier alpha value is -0.700. The summed E-state index contributed by atoms with van der Waals surface area (Å²) in [5.74, 6) is -0.972. The van der Waals surface area contributed by atoms with E-state index in [1.807, 2.05) is 6.92 Å². The molecule has 0 aliphatic carbocycles. The van der Waals surface area contributed by atoms with Gasteiger partial charge in [-0.1, -0.05) is 13.3 Å². The normalized spacial score (nSPS) is 19.1. The summed E-state index contributed by atoms with van der Waals surface area (Å²) in [4.78, 5) is 11.4. The predicted octanol–water partition coefficient (Wildman–Crippen LogP) is 0.434. The molecule has 0 spiro atoms. The van der Waals surface area contributed by atoms with Crippen LogP contribution in [0.5, 0.6) is 0 Å². The number of hydrogen-bond donors (Lipinski definition) is 2. The molecule has 0 atom stereocenters. The van der Waals surface area contributed by atoms with Crippen LogP contribution < -0.4 is 4.72 Å². The first-order chi connectivity index (χ1) is 9.34. The Morgan fingerprint density at radius 2 is 2.00 bits per heavy atom. The molecule has 0 aromatic rings. The van der Waals surface area contributed by atoms with E-state index in [9.17, 15) is 18.3 Å². The van der Waals surface area contributed by atoms with Gasteiger partial charge in [0.1, 0.15) is 0 Å². The molecule has 1 rings (SSSR count). The first-order valence-electron chi connectivity index (χ1n) is 6.86. The van der Waals surface area contributed by atoms with Gasteiger partial charge in [0, 0.05) is 33.4 Å². The molecule has 1 aliphatic heterocycles. The molecular formula is C12H24N2O5S. The largest absolute Gasteiger partial charge is 0.481 e. The van der Waals surface area contributed by atoms with Crippen molar-refractivity contribution in [3.05, 3.63) is 0 Å². The number of carboxylic acids is 1. The lowest BCUT2D eigenvalue weighted by atomic mass is 9.80. The van der Waals surface area contributed by atoms with Gasteiger partial charge in [-0.05, 0) is 19.3 Å². The molecule has 0 aromatic heterocycles. The number of unbranched alkanes of at least 4 members (excludes halogenated alkanes) is 1. The van der Waals surface area contributed by atoms with Crippen LogP contribution in [0.4, 0.5) is 0 Å². The maximum Gasteiger partial charge on any atom is 0.311 e. The molecule has 7 nitrogen and oxygen atoms in total. The smallest absolute Gasteiger partial charge is 0.311 e. The molecular weight excluding hydrogens is 284 g/mol. The van der Waals surface area contributed by atoms with Crippen LogP contribution in [0.15, 0.2) is 0 Å². The summed E-state index contributed by atoms with van der Waals surface area (Å²) in [7, 11) is -2.13. The summed E-state index contributed by atoms with van der Waals surface area (Å²) in [6.07, 6.45) is 2.32. The fourth-order valence-corrected chi connectivity index (χ4v) is 3.12. The van der Waals surface area contributed by atoms with Crippen molar-refractivity contribution in [3.63, 3.8) is 0 Å². The van der Waals surface area contributed by atoms with Crippen molar-refractivity contribution in [2.24, 2.45) is 5.41 Å². The molecule has 1 heterocycles. The van der Waals surface area contributed by atoms with Gasteiger partial charge in [-0.3, -0.25) is 4.79 Å². The third-order valence-electron chi connectivity index (χ3n) is 3.73. The quantitative estimate of drug-likeness (QED) is 0.678. The van der Waals surface area contributed by atoms with E-state index in [2.05, 4.69) is 4.72 Å². The molecule has 0 saturated carbocycles. The summed E-state index contributed by atoms with van der Waals surface area (Å²) >= 11 is 0. The molecule has 1 aliphatic rings. The van der Waals surface area contributed by atoms with E-state index in [1.165, 1.54) is 11.4 Å². The fourth-order valence-electron chi connectivity index (χ4n) is 2.07. The highest BCUT2D eigenvalue weighted by atomic mass is 32.2. The van der Waals surface area contributed by atoms with Crippen LogP contribution in [0.2, 0.25) is 0 Å². The van der Waals surface area contributed by atoms with Crippen LogP contribution in [0.3, 0.4) is 0 Å². The van der Waals surface area contributed by atoms with Gasteiger partial charge in [0.2, 0.25) is 0 Å². The van der Waals surface area contributed by atoms with E-state index in [1.54, 1.807) is 0 Å². The fraction of sp³-hybridized carbons (Fsp3) is 0.917. The Labute approximate surface area is 120 Å². The highest BCUT2D eigenvalue weighted by molar-refractivity contribution is 7.87. The third kappa shape index (κ3) is 4.41. The lowest BCUT2D eigenvalue weighted by Gasteiger charge is -2.33. The minimum Gasteiger partial charge on any atom is -0.481 e. The topological polar surface area (TPSA) is 95.9 Å². The number of rotatable bonds is 8. The van der Waals surface area contributed by atoms with Crippen molar-refractivity contribution in [1.29, 1.82) is 0 Å². The van der Waals surface area contributed by atoms with Crippen molar-refractivity contribution in [2.45, 2.75) is 32.6 Å². The Morgan fingerprint density at radius 1 is 1.40 bits per heavy atom. The number of ether oxygens (including phenoxy) is 1. The first-order valence-corrected chi connectivity index (χ1v) is 8.30. The molecule has 20 heavy (non-hydrogen) atoms. The molecule has 8 heteroatoms. The second-order valence-corrected chi connectivity index (χ2v) is 7.06. The number of carboxylic acid groups (broad SMARTS) is 1. The van der Waals surface area contributed by atoms with Crippen molar-refractivity contribution >= 4 is 16.2 Å². The highest BCUT2D eigenvalue weighted by Crippen LogP contribution is 2.30. The first kappa shape index (κ1) is 17.4. The lowest BCUT2D eigenvalue weighted by molar-refractivity contribution is -0.154. The molecule has 0 aromatic carbocycles. The van der Waals surface area contributed by atoms with E-state index in [0.29, 0.717) is 32.6 Å². The third-order valence-corrected chi connectivity index (χ3v) is 5.25. The lowest BCUT2D eigenvalue weighted by Crippen LogP contribution is -2.49. The number of hydrogen-bond acceptors (Lipinski definition) is 4. The maximum atomic E-state index is 12.0. The minimum absolute atomic E-state index is 0.0928. The van der Waals surface area contributed by atoms with Crippen LogP contribution in [-0.4, -0.2) is 57.1 Å². The van der Waals surface area contributed by atoms with E-state index < -0.39 is 21.6 Å². The molecule has 2 N–H and O–H groups in total. The average molecular weight is 308 g/mol. The zero-order valence-corrected chi connectivity index (χ0v) is 12.9. The SMILES string of the molecule is CCCCN(C)S(=O)(=O)NCC1(C(=O)O)CCOCC1. The second-order valence-electron chi connectivity index (χ2n) is 5.20. The standard InChI is InChI=1S/C12H24N2O5S/c1-3-4-7-14(2)20(17,18)13-10-12(11(15)16)5-8-19-9-6-12/h13H,3-10H2,1-2H3,(H,15,16). The molecule has 0 radical (unpaired) electrons. The Morgan fingerprint density at radius 3 is 2.50 bits per heavy atom. The van der Waals surface area contributed by atoms with Crippen molar-refractivity contribution in [3.8, 4) is 0 Å². The predicted molar refractivity (Wildman–Crippen MR) is 74.6 cm³/mol. The minimum atomic E-state index is -3.62. The van der Waals surface area contributed by atoms with Gasteiger partial charge in [-0.2, -0.15) is 12.7 Å². The van der Waals surface area contributed by atoms with Gasteiger partial charge in [0.05, 0.1) is 5.41 Å². The second kappa shape index (κ2) is 7.35. The zero-order chi connectivity index (χ0) is 15.2. The summed E-state index contributed by atoms with van der Waals surface area (Å²) in [5.41, 5.74) is -1.06. The van der Waals surface area contributed by atoms with Crippen LogP contribution in [0, 0.1) is 5.41 Å². The van der Waals surface area contributed by atoms with E-state index in [4.69, 9.17) is 4.74 Å². The van der Waals surface area contributed by atoms with Crippen molar-refractivity contribution in [2.75, 3.05) is 33.4 Å². The van der Waals surface area contributed by atoms with Gasteiger partial charge < -0.3 is 9.84 Å². The summed E-state index contributed by atoms with van der Waals surface area (Å²) < 4.78 is 32.9. The molecule has 118 valence electrons. The summed E-state index contributed by atoms with van der Waals surface area (Å²) in [6, 6.07) is 0. The molecule has 0 unspecified atom stereocenters. The zero-order valence-electron chi connectivity index (χ0n) is 12.1. The Kier molecular flexibility index (Phi) is 6.38. The van der Waals surface area contributed by atoms with Crippen molar-refractivity contribution < 1.29 is 23.1 Å². The van der Waals surface area contributed by atoms with Gasteiger partial charge in [0.25, 0.3) is 10.2 Å². The maximum absolute atomic E-state index is 12.0. The average Bonchev–Trinajstić information content (AvgIpc) is 2.43. The summed E-state index contributed by atoms with van der Waals surface area (Å²) in [6.45, 7) is 3.01.